The van der Waals surface area contributed by atoms with E-state index >= 15 is 0 Å². The Balaban J connectivity index is 1.35. The van der Waals surface area contributed by atoms with Gasteiger partial charge in [0.05, 0.1) is 12.2 Å². The van der Waals surface area contributed by atoms with Gasteiger partial charge in [0.15, 0.2) is 0 Å². The number of benzene rings is 1. The lowest BCUT2D eigenvalue weighted by atomic mass is 9.86. The average Bonchev–Trinajstić information content (AvgIpc) is 3.31. The summed E-state index contributed by atoms with van der Waals surface area (Å²) in [4.78, 5) is 12.4. The second kappa shape index (κ2) is 7.26. The van der Waals surface area contributed by atoms with Crippen LogP contribution in [0.1, 0.15) is 54.6 Å². The first-order valence-corrected chi connectivity index (χ1v) is 9.93. The smallest absolute Gasteiger partial charge is 0.220 e. The standard InChI is InChI=1S/C22H29N3O/c1-15-21(16(2)25(24-15)14-17-6-4-3-5-7-17)13-23-22(26)12-20-11-18-8-9-19(20)10-18/h3-7,18-20H,8-14H2,1-2H3,(H,23,26)/t18-,19-,20-/m1/s1. The maximum atomic E-state index is 12.4. The molecule has 1 heterocycles. The van der Waals surface area contributed by atoms with Crippen LogP contribution in [0.5, 0.6) is 0 Å². The van der Waals surface area contributed by atoms with Gasteiger partial charge in [-0.15, -0.1) is 0 Å². The largest absolute Gasteiger partial charge is 0.352 e. The van der Waals surface area contributed by atoms with Crippen molar-refractivity contribution in [2.45, 2.75) is 59.0 Å². The molecule has 2 aliphatic rings. The van der Waals surface area contributed by atoms with E-state index in [2.05, 4.69) is 41.6 Å². The molecule has 1 N–H and O–H groups in total. The van der Waals surface area contributed by atoms with Crippen molar-refractivity contribution in [1.82, 2.24) is 15.1 Å². The Hall–Kier alpha value is -2.10. The van der Waals surface area contributed by atoms with Gasteiger partial charge in [0.25, 0.3) is 0 Å². The van der Waals surface area contributed by atoms with Crippen LogP contribution in [0.4, 0.5) is 0 Å². The summed E-state index contributed by atoms with van der Waals surface area (Å²) in [6.45, 7) is 5.49. The van der Waals surface area contributed by atoms with Crippen LogP contribution in [-0.4, -0.2) is 15.7 Å². The molecule has 26 heavy (non-hydrogen) atoms. The van der Waals surface area contributed by atoms with Gasteiger partial charge in [0, 0.05) is 24.2 Å². The minimum atomic E-state index is 0.206. The molecular formula is C22H29N3O. The summed E-state index contributed by atoms with van der Waals surface area (Å²) < 4.78 is 2.04. The summed E-state index contributed by atoms with van der Waals surface area (Å²) in [5.74, 6) is 2.54. The molecule has 0 saturated heterocycles. The van der Waals surface area contributed by atoms with Gasteiger partial charge in [-0.05, 0) is 56.4 Å². The van der Waals surface area contributed by atoms with Crippen LogP contribution in [0.15, 0.2) is 30.3 Å². The topological polar surface area (TPSA) is 46.9 Å². The second-order valence-electron chi connectivity index (χ2n) is 8.21. The van der Waals surface area contributed by atoms with E-state index in [-0.39, 0.29) is 5.91 Å². The first kappa shape index (κ1) is 17.3. The van der Waals surface area contributed by atoms with Gasteiger partial charge in [-0.3, -0.25) is 9.48 Å². The summed E-state index contributed by atoms with van der Waals surface area (Å²) in [5, 5.41) is 7.84. The number of amides is 1. The summed E-state index contributed by atoms with van der Waals surface area (Å²) >= 11 is 0. The van der Waals surface area contributed by atoms with Crippen molar-refractivity contribution >= 4 is 5.91 Å². The molecule has 0 radical (unpaired) electrons. The first-order chi connectivity index (χ1) is 12.6. The predicted octanol–water partition coefficient (Wildman–Crippen LogP) is 3.99. The minimum Gasteiger partial charge on any atom is -0.352 e. The van der Waals surface area contributed by atoms with Crippen LogP contribution in [0.3, 0.4) is 0 Å². The summed E-state index contributed by atoms with van der Waals surface area (Å²) in [5.41, 5.74) is 4.55. The van der Waals surface area contributed by atoms with E-state index in [1.807, 2.05) is 17.7 Å². The maximum absolute atomic E-state index is 12.4. The number of fused-ring (bicyclic) bond motifs is 2. The predicted molar refractivity (Wildman–Crippen MR) is 103 cm³/mol. The van der Waals surface area contributed by atoms with Crippen molar-refractivity contribution in [2.24, 2.45) is 17.8 Å². The van der Waals surface area contributed by atoms with E-state index in [0.717, 1.165) is 35.3 Å². The molecule has 4 rings (SSSR count). The van der Waals surface area contributed by atoms with Crippen molar-refractivity contribution < 1.29 is 4.79 Å². The molecule has 2 fully saturated rings. The first-order valence-electron chi connectivity index (χ1n) is 9.93. The lowest BCUT2D eigenvalue weighted by molar-refractivity contribution is -0.122. The fourth-order valence-electron chi connectivity index (χ4n) is 5.02. The molecule has 4 heteroatoms. The SMILES string of the molecule is Cc1nn(Cc2ccccc2)c(C)c1CNC(=O)C[C@H]1C[C@@H]2CC[C@@H]1C2. The van der Waals surface area contributed by atoms with Crippen LogP contribution in [0.25, 0.3) is 0 Å². The average molecular weight is 351 g/mol. The molecule has 1 amide bonds. The number of hydrogen-bond acceptors (Lipinski definition) is 2. The van der Waals surface area contributed by atoms with Crippen molar-refractivity contribution in [3.8, 4) is 0 Å². The van der Waals surface area contributed by atoms with Crippen LogP contribution in [-0.2, 0) is 17.9 Å². The van der Waals surface area contributed by atoms with Crippen molar-refractivity contribution in [2.75, 3.05) is 0 Å². The molecule has 1 aromatic carbocycles. The molecule has 4 nitrogen and oxygen atoms in total. The van der Waals surface area contributed by atoms with E-state index in [0.29, 0.717) is 18.9 Å². The third-order valence-corrected chi connectivity index (χ3v) is 6.50. The van der Waals surface area contributed by atoms with E-state index in [9.17, 15) is 4.79 Å². The Kier molecular flexibility index (Phi) is 4.84. The lowest BCUT2D eigenvalue weighted by Crippen LogP contribution is -2.27. The Bertz CT molecular complexity index is 780. The zero-order chi connectivity index (χ0) is 18.1. The minimum absolute atomic E-state index is 0.206. The summed E-state index contributed by atoms with van der Waals surface area (Å²) in [7, 11) is 0. The van der Waals surface area contributed by atoms with Crippen molar-refractivity contribution in [3.63, 3.8) is 0 Å². The van der Waals surface area contributed by atoms with Crippen molar-refractivity contribution in [1.29, 1.82) is 0 Å². The van der Waals surface area contributed by atoms with Crippen LogP contribution >= 0.6 is 0 Å². The van der Waals surface area contributed by atoms with Crippen LogP contribution in [0.2, 0.25) is 0 Å². The van der Waals surface area contributed by atoms with Crippen LogP contribution < -0.4 is 5.32 Å². The number of carbonyl (C=O) groups excluding carboxylic acids is 1. The van der Waals surface area contributed by atoms with Gasteiger partial charge < -0.3 is 5.32 Å². The molecule has 0 spiro atoms. The Morgan fingerprint density at radius 1 is 1.19 bits per heavy atom. The highest BCUT2D eigenvalue weighted by Crippen LogP contribution is 2.49. The zero-order valence-electron chi connectivity index (χ0n) is 15.9. The fraction of sp³-hybridized carbons (Fsp3) is 0.545. The molecule has 2 bridgehead atoms. The monoisotopic (exact) mass is 351 g/mol. The van der Waals surface area contributed by atoms with E-state index in [4.69, 9.17) is 0 Å². The van der Waals surface area contributed by atoms with E-state index < -0.39 is 0 Å². The second-order valence-corrected chi connectivity index (χ2v) is 8.21. The molecule has 1 aromatic heterocycles. The Morgan fingerprint density at radius 2 is 2.00 bits per heavy atom. The van der Waals surface area contributed by atoms with Gasteiger partial charge in [0.2, 0.25) is 5.91 Å². The number of rotatable bonds is 6. The quantitative estimate of drug-likeness (QED) is 0.855. The van der Waals surface area contributed by atoms with Gasteiger partial charge >= 0.3 is 0 Å². The lowest BCUT2D eigenvalue weighted by Gasteiger charge is -2.20. The highest BCUT2D eigenvalue weighted by atomic mass is 16.1. The number of aromatic nitrogens is 2. The molecule has 3 atom stereocenters. The summed E-state index contributed by atoms with van der Waals surface area (Å²) in [6, 6.07) is 10.4. The Morgan fingerprint density at radius 3 is 2.69 bits per heavy atom. The number of carbonyl (C=O) groups is 1. The van der Waals surface area contributed by atoms with Gasteiger partial charge in [0.1, 0.15) is 0 Å². The third kappa shape index (κ3) is 3.55. The van der Waals surface area contributed by atoms with Crippen molar-refractivity contribution in [3.05, 3.63) is 52.8 Å². The molecule has 0 aliphatic heterocycles. The molecule has 2 aromatic rings. The number of nitrogens with one attached hydrogen (secondary N) is 1. The van der Waals surface area contributed by atoms with Gasteiger partial charge in [-0.25, -0.2) is 0 Å². The highest BCUT2D eigenvalue weighted by molar-refractivity contribution is 5.76. The molecule has 2 saturated carbocycles. The normalized spacial score (nSPS) is 24.2. The fourth-order valence-corrected chi connectivity index (χ4v) is 5.02. The van der Waals surface area contributed by atoms with Gasteiger partial charge in [-0.1, -0.05) is 36.8 Å². The number of aryl methyl sites for hydroxylation is 1. The number of hydrogen-bond donors (Lipinski definition) is 1. The molecule has 138 valence electrons. The highest BCUT2D eigenvalue weighted by Gasteiger charge is 2.40. The summed E-state index contributed by atoms with van der Waals surface area (Å²) in [6.07, 6.45) is 6.07. The molecule has 2 aliphatic carbocycles. The van der Waals surface area contributed by atoms with E-state index in [1.54, 1.807) is 0 Å². The van der Waals surface area contributed by atoms with Gasteiger partial charge in [-0.2, -0.15) is 5.10 Å². The van der Waals surface area contributed by atoms with E-state index in [1.165, 1.54) is 31.2 Å². The third-order valence-electron chi connectivity index (χ3n) is 6.50. The van der Waals surface area contributed by atoms with Crippen LogP contribution in [0, 0.1) is 31.6 Å². The number of nitrogens with zero attached hydrogens (tertiary/aromatic N) is 2. The molecular weight excluding hydrogens is 322 g/mol. The Labute approximate surface area is 156 Å². The zero-order valence-corrected chi connectivity index (χ0v) is 15.9. The maximum Gasteiger partial charge on any atom is 0.220 e. The molecule has 0 unspecified atom stereocenters.